The van der Waals surface area contributed by atoms with Gasteiger partial charge in [0.15, 0.2) is 0 Å². The lowest BCUT2D eigenvalue weighted by Crippen LogP contribution is -2.69. The summed E-state index contributed by atoms with van der Waals surface area (Å²) in [4.78, 5) is 31.1. The summed E-state index contributed by atoms with van der Waals surface area (Å²) in [5.41, 5.74) is 2.29. The van der Waals surface area contributed by atoms with Crippen molar-refractivity contribution >= 4 is 23.2 Å². The standard InChI is InChI=1S/C21H25N3O3S/c1-14-7-10-28-19(14)13-23-8-9-24-18(12-23)20(25)22-17(21(24)26)11-15-3-5-16(27-2)6-4-15/h3-7,10,17-18H,8-9,11-13H2,1-2H3,(H,22,25)/t17-,18+/m0/s1. The smallest absolute Gasteiger partial charge is 0.246 e. The van der Waals surface area contributed by atoms with E-state index in [9.17, 15) is 9.59 Å². The molecule has 2 aliphatic heterocycles. The van der Waals surface area contributed by atoms with Gasteiger partial charge in [0.2, 0.25) is 11.8 Å². The van der Waals surface area contributed by atoms with Crippen LogP contribution in [0.15, 0.2) is 35.7 Å². The maximum absolute atomic E-state index is 13.0. The molecule has 2 amide bonds. The Bertz CT molecular complexity index is 864. The van der Waals surface area contributed by atoms with Crippen LogP contribution in [-0.4, -0.2) is 60.4 Å². The molecule has 2 aliphatic rings. The van der Waals surface area contributed by atoms with Crippen LogP contribution >= 0.6 is 11.3 Å². The Morgan fingerprint density at radius 1 is 1.18 bits per heavy atom. The molecule has 0 radical (unpaired) electrons. The molecule has 2 aromatic rings. The zero-order valence-corrected chi connectivity index (χ0v) is 17.0. The summed E-state index contributed by atoms with van der Waals surface area (Å²) in [6, 6.07) is 8.85. The van der Waals surface area contributed by atoms with Crippen molar-refractivity contribution in [2.75, 3.05) is 26.7 Å². The minimum atomic E-state index is -0.497. The molecule has 1 aromatic heterocycles. The normalized spacial score (nSPS) is 22.7. The number of thiophene rings is 1. The fourth-order valence-electron chi connectivity index (χ4n) is 3.91. The number of nitrogens with zero attached hydrogens (tertiary/aromatic N) is 2. The van der Waals surface area contributed by atoms with Crippen LogP contribution in [0.1, 0.15) is 16.0 Å². The lowest BCUT2D eigenvalue weighted by atomic mass is 9.98. The van der Waals surface area contributed by atoms with Gasteiger partial charge in [0, 0.05) is 37.5 Å². The van der Waals surface area contributed by atoms with Crippen molar-refractivity contribution in [3.05, 3.63) is 51.7 Å². The van der Waals surface area contributed by atoms with E-state index in [1.54, 1.807) is 23.3 Å². The average Bonchev–Trinajstić information content (AvgIpc) is 3.11. The van der Waals surface area contributed by atoms with Crippen molar-refractivity contribution < 1.29 is 14.3 Å². The van der Waals surface area contributed by atoms with E-state index in [0.717, 1.165) is 24.4 Å². The molecule has 6 nitrogen and oxygen atoms in total. The van der Waals surface area contributed by atoms with Crippen molar-refractivity contribution in [3.63, 3.8) is 0 Å². The largest absolute Gasteiger partial charge is 0.497 e. The second-order valence-electron chi connectivity index (χ2n) is 7.42. The van der Waals surface area contributed by atoms with Crippen molar-refractivity contribution in [2.45, 2.75) is 32.0 Å². The first-order valence-electron chi connectivity index (χ1n) is 9.54. The maximum Gasteiger partial charge on any atom is 0.246 e. The SMILES string of the molecule is COc1ccc(C[C@@H]2NC(=O)[C@H]3CN(Cc4sccc4C)CCN3C2=O)cc1. The number of fused-ring (bicyclic) bond motifs is 1. The molecule has 0 spiro atoms. The molecule has 7 heteroatoms. The second-order valence-corrected chi connectivity index (χ2v) is 8.42. The molecule has 148 valence electrons. The van der Waals surface area contributed by atoms with E-state index in [1.165, 1.54) is 10.4 Å². The van der Waals surface area contributed by atoms with Crippen LogP contribution in [0, 0.1) is 6.92 Å². The van der Waals surface area contributed by atoms with Crippen LogP contribution in [0.4, 0.5) is 0 Å². The molecule has 2 fully saturated rings. The number of carbonyl (C=O) groups is 2. The van der Waals surface area contributed by atoms with E-state index in [4.69, 9.17) is 4.74 Å². The van der Waals surface area contributed by atoms with Crippen LogP contribution in [0.2, 0.25) is 0 Å². The van der Waals surface area contributed by atoms with Gasteiger partial charge in [-0.15, -0.1) is 11.3 Å². The predicted molar refractivity (Wildman–Crippen MR) is 108 cm³/mol. The van der Waals surface area contributed by atoms with E-state index in [2.05, 4.69) is 28.6 Å². The maximum atomic E-state index is 13.0. The summed E-state index contributed by atoms with van der Waals surface area (Å²) >= 11 is 1.75. The number of ether oxygens (including phenoxy) is 1. The van der Waals surface area contributed by atoms with Gasteiger partial charge in [-0.25, -0.2) is 0 Å². The van der Waals surface area contributed by atoms with E-state index in [1.807, 2.05) is 24.3 Å². The fraction of sp³-hybridized carbons (Fsp3) is 0.429. The Hall–Kier alpha value is -2.38. The summed E-state index contributed by atoms with van der Waals surface area (Å²) < 4.78 is 5.17. The summed E-state index contributed by atoms with van der Waals surface area (Å²) in [6.07, 6.45) is 0.496. The van der Waals surface area contributed by atoms with E-state index in [-0.39, 0.29) is 11.8 Å². The molecule has 2 atom stereocenters. The molecule has 28 heavy (non-hydrogen) atoms. The van der Waals surface area contributed by atoms with Crippen LogP contribution < -0.4 is 10.1 Å². The van der Waals surface area contributed by atoms with Gasteiger partial charge in [-0.1, -0.05) is 12.1 Å². The van der Waals surface area contributed by atoms with Gasteiger partial charge in [0.25, 0.3) is 0 Å². The zero-order valence-electron chi connectivity index (χ0n) is 16.2. The molecule has 1 N–H and O–H groups in total. The number of hydrogen-bond donors (Lipinski definition) is 1. The quantitative estimate of drug-likeness (QED) is 0.833. The van der Waals surface area contributed by atoms with Crippen LogP contribution in [0.25, 0.3) is 0 Å². The number of nitrogens with one attached hydrogen (secondary N) is 1. The van der Waals surface area contributed by atoms with Crippen LogP contribution in [0.5, 0.6) is 5.75 Å². The number of benzene rings is 1. The molecule has 3 heterocycles. The predicted octanol–water partition coefficient (Wildman–Crippen LogP) is 1.82. The van der Waals surface area contributed by atoms with Crippen molar-refractivity contribution in [3.8, 4) is 5.75 Å². The molecule has 0 unspecified atom stereocenters. The highest BCUT2D eigenvalue weighted by molar-refractivity contribution is 7.10. The Morgan fingerprint density at radius 3 is 2.64 bits per heavy atom. The second kappa shape index (κ2) is 7.93. The molecule has 1 aromatic carbocycles. The number of rotatable bonds is 5. The van der Waals surface area contributed by atoms with Crippen molar-refractivity contribution in [1.82, 2.24) is 15.1 Å². The molecule has 0 aliphatic carbocycles. The number of carbonyl (C=O) groups excluding carboxylic acids is 2. The van der Waals surface area contributed by atoms with Gasteiger partial charge in [0.1, 0.15) is 17.8 Å². The highest BCUT2D eigenvalue weighted by Crippen LogP contribution is 2.23. The Morgan fingerprint density at radius 2 is 1.96 bits per heavy atom. The topological polar surface area (TPSA) is 61.9 Å². The number of hydrogen-bond acceptors (Lipinski definition) is 5. The monoisotopic (exact) mass is 399 g/mol. The highest BCUT2D eigenvalue weighted by Gasteiger charge is 2.43. The summed E-state index contributed by atoms with van der Waals surface area (Å²) in [7, 11) is 1.62. The van der Waals surface area contributed by atoms with Crippen LogP contribution in [0.3, 0.4) is 0 Å². The van der Waals surface area contributed by atoms with Crippen molar-refractivity contribution in [2.24, 2.45) is 0 Å². The molecule has 0 saturated carbocycles. The Labute approximate surface area is 169 Å². The number of piperazine rings is 2. The third-order valence-corrected chi connectivity index (χ3v) is 6.61. The van der Waals surface area contributed by atoms with E-state index < -0.39 is 12.1 Å². The Balaban J connectivity index is 1.41. The lowest BCUT2D eigenvalue weighted by molar-refractivity contribution is -0.153. The van der Waals surface area contributed by atoms with Gasteiger partial charge < -0.3 is 15.0 Å². The lowest BCUT2D eigenvalue weighted by Gasteiger charge is -2.45. The van der Waals surface area contributed by atoms with Gasteiger partial charge >= 0.3 is 0 Å². The third-order valence-electron chi connectivity index (χ3n) is 5.60. The molecular weight excluding hydrogens is 374 g/mol. The molecule has 2 saturated heterocycles. The average molecular weight is 400 g/mol. The minimum Gasteiger partial charge on any atom is -0.497 e. The third kappa shape index (κ3) is 3.77. The first-order valence-corrected chi connectivity index (χ1v) is 10.4. The van der Waals surface area contributed by atoms with Gasteiger partial charge in [0.05, 0.1) is 7.11 Å². The van der Waals surface area contributed by atoms with E-state index in [0.29, 0.717) is 19.5 Å². The summed E-state index contributed by atoms with van der Waals surface area (Å²) in [5.74, 6) is 0.748. The first-order chi connectivity index (χ1) is 13.5. The fourth-order valence-corrected chi connectivity index (χ4v) is 4.85. The first kappa shape index (κ1) is 19.0. The van der Waals surface area contributed by atoms with Crippen molar-refractivity contribution in [1.29, 1.82) is 0 Å². The summed E-state index contributed by atoms with van der Waals surface area (Å²) in [6.45, 7) is 4.93. The van der Waals surface area contributed by atoms with Gasteiger partial charge in [-0.2, -0.15) is 0 Å². The molecule has 0 bridgehead atoms. The summed E-state index contributed by atoms with van der Waals surface area (Å²) in [5, 5.41) is 5.05. The molecule has 4 rings (SSSR count). The van der Waals surface area contributed by atoms with Gasteiger partial charge in [-0.3, -0.25) is 14.5 Å². The van der Waals surface area contributed by atoms with E-state index >= 15 is 0 Å². The Kier molecular flexibility index (Phi) is 5.37. The van der Waals surface area contributed by atoms with Crippen LogP contribution in [-0.2, 0) is 22.6 Å². The minimum absolute atomic E-state index is 0.0207. The molecular formula is C21H25N3O3S. The number of methoxy groups -OCH3 is 1. The zero-order chi connectivity index (χ0) is 19.7. The number of amides is 2. The van der Waals surface area contributed by atoms with Gasteiger partial charge in [-0.05, 0) is 41.6 Å². The number of aryl methyl sites for hydroxylation is 1. The highest BCUT2D eigenvalue weighted by atomic mass is 32.1.